The molecule has 1 aromatic carbocycles. The summed E-state index contributed by atoms with van der Waals surface area (Å²) < 4.78 is 0. The highest BCUT2D eigenvalue weighted by Gasteiger charge is 2.20. The van der Waals surface area contributed by atoms with Crippen molar-refractivity contribution in [2.45, 2.75) is 44.9 Å². The molecule has 0 bridgehead atoms. The smallest absolute Gasteiger partial charge is 0.0728 e. The molecule has 2 aromatic rings. The normalized spacial score (nSPS) is 16.7. The molecule has 1 N–H and O–H groups in total. The monoisotopic (exact) mass is 274 g/mol. The van der Waals surface area contributed by atoms with Gasteiger partial charge in [0.1, 0.15) is 0 Å². The number of H-pyrrole nitrogens is 1. The van der Waals surface area contributed by atoms with Crippen molar-refractivity contribution in [1.82, 2.24) is 10.2 Å². The number of nitrogens with one attached hydrogen (secondary N) is 1. The summed E-state index contributed by atoms with van der Waals surface area (Å²) in [7, 11) is 0. The zero-order chi connectivity index (χ0) is 13.2. The average molecular weight is 275 g/mol. The van der Waals surface area contributed by atoms with E-state index in [1.807, 2.05) is 12.1 Å². The Labute approximate surface area is 119 Å². The molecule has 1 atom stereocenters. The Morgan fingerprint density at radius 1 is 1.11 bits per heavy atom. The summed E-state index contributed by atoms with van der Waals surface area (Å²) in [5.41, 5.74) is 5.32. The summed E-state index contributed by atoms with van der Waals surface area (Å²) in [6.45, 7) is 2.23. The van der Waals surface area contributed by atoms with Crippen LogP contribution in [0.25, 0.3) is 0 Å². The molecule has 19 heavy (non-hydrogen) atoms. The summed E-state index contributed by atoms with van der Waals surface area (Å²) >= 11 is 5.96. The maximum atomic E-state index is 5.96. The van der Waals surface area contributed by atoms with Crippen molar-refractivity contribution >= 4 is 11.6 Å². The van der Waals surface area contributed by atoms with Crippen molar-refractivity contribution in [3.05, 3.63) is 51.8 Å². The minimum absolute atomic E-state index is 0.329. The first-order valence-electron chi connectivity index (χ1n) is 7.07. The van der Waals surface area contributed by atoms with Crippen molar-refractivity contribution in [1.29, 1.82) is 0 Å². The standard InChI is InChI=1S/C16H19ClN2/c1-11(12-7-9-13(17)10-8-12)16-14-5-3-2-4-6-15(14)18-19-16/h7-11H,2-6H2,1H3,(H,18,19). The van der Waals surface area contributed by atoms with Crippen LogP contribution < -0.4 is 0 Å². The Balaban J connectivity index is 1.93. The molecule has 100 valence electrons. The van der Waals surface area contributed by atoms with Crippen LogP contribution in [-0.2, 0) is 12.8 Å². The highest BCUT2D eigenvalue weighted by molar-refractivity contribution is 6.30. The van der Waals surface area contributed by atoms with Gasteiger partial charge >= 0.3 is 0 Å². The second kappa shape index (κ2) is 5.38. The highest BCUT2D eigenvalue weighted by Crippen LogP contribution is 2.30. The first-order valence-corrected chi connectivity index (χ1v) is 7.45. The SMILES string of the molecule is CC(c1ccc(Cl)cc1)c1n[nH]c2c1CCCCC2. The zero-order valence-corrected chi connectivity index (χ0v) is 12.0. The van der Waals surface area contributed by atoms with Gasteiger partial charge in [-0.05, 0) is 48.9 Å². The molecule has 1 unspecified atom stereocenters. The molecule has 0 amide bonds. The molecule has 0 fully saturated rings. The number of aryl methyl sites for hydroxylation is 1. The third kappa shape index (κ3) is 2.55. The molecule has 0 saturated carbocycles. The fourth-order valence-corrected chi connectivity index (χ4v) is 3.08. The number of aromatic amines is 1. The predicted molar refractivity (Wildman–Crippen MR) is 78.8 cm³/mol. The third-order valence-corrected chi connectivity index (χ3v) is 4.37. The van der Waals surface area contributed by atoms with Crippen LogP contribution in [0, 0.1) is 0 Å². The van der Waals surface area contributed by atoms with Crippen molar-refractivity contribution in [3.8, 4) is 0 Å². The van der Waals surface area contributed by atoms with E-state index in [0.717, 1.165) is 11.4 Å². The third-order valence-electron chi connectivity index (χ3n) is 4.12. The van der Waals surface area contributed by atoms with E-state index in [1.165, 1.54) is 48.2 Å². The van der Waals surface area contributed by atoms with Crippen LogP contribution in [0.2, 0.25) is 5.02 Å². The van der Waals surface area contributed by atoms with E-state index < -0.39 is 0 Å². The van der Waals surface area contributed by atoms with Crippen LogP contribution in [0.5, 0.6) is 0 Å². The minimum Gasteiger partial charge on any atom is -0.282 e. The van der Waals surface area contributed by atoms with Gasteiger partial charge in [0.05, 0.1) is 5.69 Å². The fourth-order valence-electron chi connectivity index (χ4n) is 2.95. The molecule has 1 aliphatic carbocycles. The number of aromatic nitrogens is 2. The fraction of sp³-hybridized carbons (Fsp3) is 0.438. The van der Waals surface area contributed by atoms with Gasteiger partial charge in [0, 0.05) is 16.6 Å². The van der Waals surface area contributed by atoms with Crippen LogP contribution in [0.3, 0.4) is 0 Å². The van der Waals surface area contributed by atoms with Gasteiger partial charge in [-0.3, -0.25) is 5.10 Å². The van der Waals surface area contributed by atoms with Gasteiger partial charge in [0.25, 0.3) is 0 Å². The lowest BCUT2D eigenvalue weighted by Crippen LogP contribution is -2.01. The van der Waals surface area contributed by atoms with Crippen LogP contribution in [0.15, 0.2) is 24.3 Å². The van der Waals surface area contributed by atoms with E-state index in [2.05, 4.69) is 29.3 Å². The lowest BCUT2D eigenvalue weighted by atomic mass is 9.93. The van der Waals surface area contributed by atoms with Crippen molar-refractivity contribution in [3.63, 3.8) is 0 Å². The van der Waals surface area contributed by atoms with E-state index in [9.17, 15) is 0 Å². The number of hydrogen-bond acceptors (Lipinski definition) is 1. The summed E-state index contributed by atoms with van der Waals surface area (Å²) in [5, 5.41) is 8.62. The number of halogens is 1. The second-order valence-corrected chi connectivity index (χ2v) is 5.84. The average Bonchev–Trinajstić information content (AvgIpc) is 2.68. The molecule has 3 rings (SSSR count). The molecular weight excluding hydrogens is 256 g/mol. The minimum atomic E-state index is 0.329. The molecule has 0 radical (unpaired) electrons. The number of benzene rings is 1. The van der Waals surface area contributed by atoms with Gasteiger partial charge in [-0.1, -0.05) is 37.1 Å². The zero-order valence-electron chi connectivity index (χ0n) is 11.2. The maximum Gasteiger partial charge on any atom is 0.0728 e. The van der Waals surface area contributed by atoms with Gasteiger partial charge in [-0.2, -0.15) is 5.10 Å². The molecule has 0 spiro atoms. The van der Waals surface area contributed by atoms with E-state index in [0.29, 0.717) is 5.92 Å². The number of nitrogens with zero attached hydrogens (tertiary/aromatic N) is 1. The lowest BCUT2D eigenvalue weighted by Gasteiger charge is -2.12. The predicted octanol–water partition coefficient (Wildman–Crippen LogP) is 4.48. The Hall–Kier alpha value is -1.28. The topological polar surface area (TPSA) is 28.7 Å². The van der Waals surface area contributed by atoms with Crippen LogP contribution in [0.1, 0.15) is 54.6 Å². The molecule has 0 saturated heterocycles. The molecule has 0 aliphatic heterocycles. The lowest BCUT2D eigenvalue weighted by molar-refractivity contribution is 0.695. The van der Waals surface area contributed by atoms with E-state index in [4.69, 9.17) is 11.6 Å². The second-order valence-electron chi connectivity index (χ2n) is 5.40. The Kier molecular flexibility index (Phi) is 3.61. The van der Waals surface area contributed by atoms with Gasteiger partial charge < -0.3 is 0 Å². The molecule has 1 heterocycles. The van der Waals surface area contributed by atoms with Crippen LogP contribution in [0.4, 0.5) is 0 Å². The summed E-state index contributed by atoms with van der Waals surface area (Å²) in [5.74, 6) is 0.329. The number of hydrogen-bond donors (Lipinski definition) is 1. The van der Waals surface area contributed by atoms with E-state index >= 15 is 0 Å². The van der Waals surface area contributed by atoms with Gasteiger partial charge in [-0.25, -0.2) is 0 Å². The first kappa shape index (κ1) is 12.7. The summed E-state index contributed by atoms with van der Waals surface area (Å²) in [4.78, 5) is 0. The van der Waals surface area contributed by atoms with Crippen molar-refractivity contribution < 1.29 is 0 Å². The summed E-state index contributed by atoms with van der Waals surface area (Å²) in [6.07, 6.45) is 6.21. The van der Waals surface area contributed by atoms with Gasteiger partial charge in [0.2, 0.25) is 0 Å². The summed E-state index contributed by atoms with van der Waals surface area (Å²) in [6, 6.07) is 8.12. The van der Waals surface area contributed by atoms with Gasteiger partial charge in [-0.15, -0.1) is 0 Å². The molecule has 1 aliphatic rings. The maximum absolute atomic E-state index is 5.96. The van der Waals surface area contributed by atoms with Crippen molar-refractivity contribution in [2.24, 2.45) is 0 Å². The largest absolute Gasteiger partial charge is 0.282 e. The van der Waals surface area contributed by atoms with Crippen molar-refractivity contribution in [2.75, 3.05) is 0 Å². The molecular formula is C16H19ClN2. The Morgan fingerprint density at radius 2 is 1.84 bits per heavy atom. The molecule has 1 aromatic heterocycles. The van der Waals surface area contributed by atoms with Gasteiger partial charge in [0.15, 0.2) is 0 Å². The van der Waals surface area contributed by atoms with E-state index in [1.54, 1.807) is 0 Å². The van der Waals surface area contributed by atoms with Crippen LogP contribution >= 0.6 is 11.6 Å². The number of fused-ring (bicyclic) bond motifs is 1. The van der Waals surface area contributed by atoms with E-state index in [-0.39, 0.29) is 0 Å². The quantitative estimate of drug-likeness (QED) is 0.804. The Morgan fingerprint density at radius 3 is 2.63 bits per heavy atom. The Bertz CT molecular complexity index is 557. The van der Waals surface area contributed by atoms with Crippen LogP contribution in [-0.4, -0.2) is 10.2 Å². The molecule has 3 heteroatoms. The molecule has 2 nitrogen and oxygen atoms in total. The first-order chi connectivity index (χ1) is 9.25. The highest BCUT2D eigenvalue weighted by atomic mass is 35.5. The number of rotatable bonds is 2.